The molecule has 4 bridgehead atoms. The maximum absolute atomic E-state index is 11.2. The number of hydrogen-bond donors (Lipinski definition) is 1. The maximum Gasteiger partial charge on any atom is 0.0995 e. The zero-order valence-electron chi connectivity index (χ0n) is 11.6. The third-order valence-electron chi connectivity index (χ3n) is 6.21. The second-order valence-corrected chi connectivity index (χ2v) is 6.95. The molecule has 1 N–H and O–H groups in total. The molecule has 4 rings (SSSR count). The van der Waals surface area contributed by atoms with Gasteiger partial charge in [0.2, 0.25) is 0 Å². The Kier molecular flexibility index (Phi) is 2.30. The molecule has 2 aliphatic carbocycles. The minimum absolute atomic E-state index is 0.00772. The van der Waals surface area contributed by atoms with E-state index in [-0.39, 0.29) is 11.2 Å². The molecule has 0 aromatic heterocycles. The van der Waals surface area contributed by atoms with Crippen molar-refractivity contribution in [2.75, 3.05) is 0 Å². The fourth-order valence-electron chi connectivity index (χ4n) is 4.94. The van der Waals surface area contributed by atoms with Gasteiger partial charge in [0.05, 0.1) is 16.8 Å². The summed E-state index contributed by atoms with van der Waals surface area (Å²) < 4.78 is 6.26. The highest BCUT2D eigenvalue weighted by molar-refractivity contribution is 5.32. The van der Waals surface area contributed by atoms with Crippen molar-refractivity contribution >= 4 is 0 Å². The Balaban J connectivity index is 1.87. The van der Waals surface area contributed by atoms with E-state index in [1.165, 1.54) is 19.3 Å². The van der Waals surface area contributed by atoms with E-state index in [0.717, 1.165) is 12.8 Å². The summed E-state index contributed by atoms with van der Waals surface area (Å²) in [5.74, 6) is 1.68. The summed E-state index contributed by atoms with van der Waals surface area (Å²) in [4.78, 5) is 0. The molecule has 4 fully saturated rings. The highest BCUT2D eigenvalue weighted by Gasteiger charge is 2.83. The normalized spacial score (nSPS) is 55.4. The molecular weight excluding hydrogens is 212 g/mol. The maximum atomic E-state index is 11.2. The quantitative estimate of drug-likeness (QED) is 0.815. The van der Waals surface area contributed by atoms with Gasteiger partial charge in [-0.15, -0.1) is 0 Å². The highest BCUT2D eigenvalue weighted by atomic mass is 16.6. The largest absolute Gasteiger partial charge is 0.386 e. The summed E-state index contributed by atoms with van der Waals surface area (Å²) in [6.45, 7) is 8.83. The summed E-state index contributed by atoms with van der Waals surface area (Å²) in [5.41, 5.74) is -0.821. The zero-order valence-corrected chi connectivity index (χ0v) is 11.6. The molecule has 2 aliphatic heterocycles. The Labute approximate surface area is 105 Å². The number of aliphatic hydroxyl groups is 1. The summed E-state index contributed by atoms with van der Waals surface area (Å²) in [7, 11) is 0. The third kappa shape index (κ3) is 1.24. The van der Waals surface area contributed by atoms with Crippen LogP contribution in [0.5, 0.6) is 0 Å². The van der Waals surface area contributed by atoms with Crippen LogP contribution in [0.25, 0.3) is 0 Å². The van der Waals surface area contributed by atoms with Crippen LogP contribution < -0.4 is 0 Å². The lowest BCUT2D eigenvalue weighted by molar-refractivity contribution is -0.198. The van der Waals surface area contributed by atoms with E-state index < -0.39 is 5.60 Å². The lowest BCUT2D eigenvalue weighted by atomic mass is 9.68. The van der Waals surface area contributed by atoms with Gasteiger partial charge in [-0.1, -0.05) is 26.7 Å². The lowest BCUT2D eigenvalue weighted by Crippen LogP contribution is -2.56. The van der Waals surface area contributed by atoms with Crippen LogP contribution in [-0.4, -0.2) is 21.9 Å². The van der Waals surface area contributed by atoms with Crippen molar-refractivity contribution in [1.82, 2.24) is 0 Å². The number of ether oxygens (including phenoxy) is 1. The van der Waals surface area contributed by atoms with Gasteiger partial charge in [0, 0.05) is 5.92 Å². The number of fused-ring (bicyclic) bond motifs is 1. The molecule has 0 spiro atoms. The molecule has 98 valence electrons. The van der Waals surface area contributed by atoms with Crippen LogP contribution in [0, 0.1) is 17.8 Å². The predicted octanol–water partition coefficient (Wildman–Crippen LogP) is 3.13. The molecule has 0 aromatic rings. The van der Waals surface area contributed by atoms with Gasteiger partial charge in [-0.3, -0.25) is 0 Å². The number of rotatable bonds is 4. The molecule has 0 radical (unpaired) electrons. The Morgan fingerprint density at radius 3 is 2.41 bits per heavy atom. The van der Waals surface area contributed by atoms with Gasteiger partial charge in [-0.2, -0.15) is 0 Å². The molecule has 0 aromatic carbocycles. The zero-order chi connectivity index (χ0) is 12.5. The van der Waals surface area contributed by atoms with Crippen molar-refractivity contribution in [3.63, 3.8) is 0 Å². The fourth-order valence-corrected chi connectivity index (χ4v) is 4.94. The average molecular weight is 238 g/mol. The van der Waals surface area contributed by atoms with Crippen LogP contribution in [0.4, 0.5) is 0 Å². The van der Waals surface area contributed by atoms with Gasteiger partial charge in [0.25, 0.3) is 0 Å². The van der Waals surface area contributed by atoms with Crippen LogP contribution in [0.2, 0.25) is 0 Å². The van der Waals surface area contributed by atoms with Gasteiger partial charge in [-0.25, -0.2) is 0 Å². The summed E-state index contributed by atoms with van der Waals surface area (Å²) in [5, 5.41) is 11.2. The third-order valence-corrected chi connectivity index (χ3v) is 6.21. The molecule has 0 amide bonds. The van der Waals surface area contributed by atoms with Crippen LogP contribution in [0.1, 0.15) is 59.8 Å². The molecule has 2 unspecified atom stereocenters. The van der Waals surface area contributed by atoms with Crippen molar-refractivity contribution < 1.29 is 9.84 Å². The first-order valence-corrected chi connectivity index (χ1v) is 7.34. The second kappa shape index (κ2) is 3.27. The molecule has 17 heavy (non-hydrogen) atoms. The summed E-state index contributed by atoms with van der Waals surface area (Å²) in [6.07, 6.45) is 5.57. The van der Waals surface area contributed by atoms with E-state index in [0.29, 0.717) is 17.8 Å². The van der Waals surface area contributed by atoms with Crippen LogP contribution in [0.3, 0.4) is 0 Å². The van der Waals surface area contributed by atoms with Crippen molar-refractivity contribution in [3.8, 4) is 0 Å². The molecule has 4 aliphatic rings. The minimum atomic E-state index is -0.554. The predicted molar refractivity (Wildman–Crippen MR) is 67.7 cm³/mol. The van der Waals surface area contributed by atoms with Crippen molar-refractivity contribution in [2.24, 2.45) is 17.8 Å². The van der Waals surface area contributed by atoms with E-state index in [1.807, 2.05) is 0 Å². The molecular formula is C15H26O2. The summed E-state index contributed by atoms with van der Waals surface area (Å²) >= 11 is 0. The first kappa shape index (κ1) is 12.0. The standard InChI is InChI=1S/C15H26O2/c1-5-10(6-2)9-15(16)12-11-7-8-13(15,3)17-14(11,12)4/h10-12,16H,5-9H2,1-4H3/t11-,12?,13+,14?,15+/m1/s1. The molecule has 2 saturated heterocycles. The topological polar surface area (TPSA) is 29.5 Å². The van der Waals surface area contributed by atoms with Crippen molar-refractivity contribution in [1.29, 1.82) is 0 Å². The molecule has 2 heterocycles. The van der Waals surface area contributed by atoms with E-state index in [4.69, 9.17) is 4.74 Å². The van der Waals surface area contributed by atoms with Gasteiger partial charge in [0.1, 0.15) is 0 Å². The molecule has 2 heteroatoms. The molecule has 2 saturated carbocycles. The van der Waals surface area contributed by atoms with Gasteiger partial charge in [-0.05, 0) is 44.9 Å². The molecule has 2 nitrogen and oxygen atoms in total. The van der Waals surface area contributed by atoms with Crippen LogP contribution in [-0.2, 0) is 4.74 Å². The van der Waals surface area contributed by atoms with Crippen molar-refractivity contribution in [2.45, 2.75) is 76.6 Å². The minimum Gasteiger partial charge on any atom is -0.386 e. The van der Waals surface area contributed by atoms with Crippen molar-refractivity contribution in [3.05, 3.63) is 0 Å². The molecule has 5 atom stereocenters. The Hall–Kier alpha value is -0.0800. The highest BCUT2D eigenvalue weighted by Crippen LogP contribution is 2.75. The van der Waals surface area contributed by atoms with E-state index in [1.54, 1.807) is 0 Å². The Morgan fingerprint density at radius 1 is 1.29 bits per heavy atom. The van der Waals surface area contributed by atoms with E-state index >= 15 is 0 Å². The smallest absolute Gasteiger partial charge is 0.0995 e. The second-order valence-electron chi connectivity index (χ2n) is 6.95. The fraction of sp³-hybridized carbons (Fsp3) is 1.00. The summed E-state index contributed by atoms with van der Waals surface area (Å²) in [6, 6.07) is 0. The van der Waals surface area contributed by atoms with Gasteiger partial charge in [0.15, 0.2) is 0 Å². The van der Waals surface area contributed by atoms with Crippen LogP contribution >= 0.6 is 0 Å². The Bertz CT molecular complexity index is 338. The SMILES string of the molecule is CCC(CC)C[C@]1(O)C2[C@H]3CC[C@]1(C)OC23C. The van der Waals surface area contributed by atoms with E-state index in [2.05, 4.69) is 27.7 Å². The first-order valence-electron chi connectivity index (χ1n) is 7.34. The monoisotopic (exact) mass is 238 g/mol. The Morgan fingerprint density at radius 2 is 1.94 bits per heavy atom. The van der Waals surface area contributed by atoms with E-state index in [9.17, 15) is 5.11 Å². The first-order chi connectivity index (χ1) is 7.91. The van der Waals surface area contributed by atoms with Gasteiger partial charge >= 0.3 is 0 Å². The van der Waals surface area contributed by atoms with Crippen LogP contribution in [0.15, 0.2) is 0 Å². The lowest BCUT2D eigenvalue weighted by Gasteiger charge is -2.47. The average Bonchev–Trinajstić information content (AvgIpc) is 2.85. The van der Waals surface area contributed by atoms with Gasteiger partial charge < -0.3 is 9.84 Å². The number of hydrogen-bond acceptors (Lipinski definition) is 2.